The first-order valence-corrected chi connectivity index (χ1v) is 7.33. The van der Waals surface area contributed by atoms with E-state index in [1.807, 2.05) is 37.3 Å². The van der Waals surface area contributed by atoms with Crippen molar-refractivity contribution < 1.29 is 9.13 Å². The maximum absolute atomic E-state index is 13.7. The van der Waals surface area contributed by atoms with Crippen molar-refractivity contribution in [2.45, 2.75) is 19.4 Å². The first-order chi connectivity index (χ1) is 10.2. The van der Waals surface area contributed by atoms with Crippen molar-refractivity contribution in [1.29, 1.82) is 0 Å². The molecule has 0 heterocycles. The number of nitrogens with one attached hydrogen (secondary N) is 1. The van der Waals surface area contributed by atoms with Gasteiger partial charge in [0.25, 0.3) is 0 Å². The topological polar surface area (TPSA) is 21.3 Å². The number of methoxy groups -OCH3 is 1. The molecule has 21 heavy (non-hydrogen) atoms. The molecule has 1 N–H and O–H groups in total. The van der Waals surface area contributed by atoms with Gasteiger partial charge in [0.1, 0.15) is 11.6 Å². The summed E-state index contributed by atoms with van der Waals surface area (Å²) in [6.45, 7) is 2.80. The molecule has 2 rings (SSSR count). The monoisotopic (exact) mass is 307 g/mol. The molecule has 1 atom stereocenters. The third kappa shape index (κ3) is 3.96. The Balaban J connectivity index is 2.28. The lowest BCUT2D eigenvalue weighted by Crippen LogP contribution is -2.23. The van der Waals surface area contributed by atoms with Crippen LogP contribution >= 0.6 is 11.6 Å². The van der Waals surface area contributed by atoms with E-state index in [4.69, 9.17) is 16.3 Å². The zero-order valence-corrected chi connectivity index (χ0v) is 13.0. The Hall–Kier alpha value is -1.58. The maximum atomic E-state index is 13.7. The standard InChI is InChI=1S/C17H19ClFNO/c1-3-20-16(14-8-5-9-15(19)17(14)18)11-12-6-4-7-13(10-12)21-2/h4-10,16,20H,3,11H2,1-2H3. The molecular formula is C17H19ClFNO. The van der Waals surface area contributed by atoms with Crippen molar-refractivity contribution in [2.75, 3.05) is 13.7 Å². The summed E-state index contributed by atoms with van der Waals surface area (Å²) in [7, 11) is 1.64. The van der Waals surface area contributed by atoms with Gasteiger partial charge in [-0.05, 0) is 42.3 Å². The minimum atomic E-state index is -0.386. The van der Waals surface area contributed by atoms with Gasteiger partial charge in [0.2, 0.25) is 0 Å². The van der Waals surface area contributed by atoms with Crippen LogP contribution in [0.25, 0.3) is 0 Å². The number of likely N-dealkylation sites (N-methyl/N-ethyl adjacent to an activating group) is 1. The van der Waals surface area contributed by atoms with Crippen LogP contribution in [0.1, 0.15) is 24.1 Å². The summed E-state index contributed by atoms with van der Waals surface area (Å²) in [6.07, 6.45) is 0.716. The van der Waals surface area contributed by atoms with Crippen LogP contribution in [0, 0.1) is 5.82 Å². The first kappa shape index (κ1) is 15.8. The second-order valence-electron chi connectivity index (χ2n) is 4.81. The minimum Gasteiger partial charge on any atom is -0.497 e. The Morgan fingerprint density at radius 1 is 1.24 bits per heavy atom. The van der Waals surface area contributed by atoms with Crippen molar-refractivity contribution >= 4 is 11.6 Å². The molecule has 0 saturated heterocycles. The van der Waals surface area contributed by atoms with Crippen molar-refractivity contribution in [3.63, 3.8) is 0 Å². The highest BCUT2D eigenvalue weighted by molar-refractivity contribution is 6.31. The Morgan fingerprint density at radius 2 is 2.00 bits per heavy atom. The fourth-order valence-electron chi connectivity index (χ4n) is 2.36. The first-order valence-electron chi connectivity index (χ1n) is 6.96. The number of hydrogen-bond acceptors (Lipinski definition) is 2. The normalized spacial score (nSPS) is 12.2. The van der Waals surface area contributed by atoms with Crippen LogP contribution in [0.5, 0.6) is 5.75 Å². The van der Waals surface area contributed by atoms with Crippen LogP contribution in [0.4, 0.5) is 4.39 Å². The third-order valence-electron chi connectivity index (χ3n) is 3.38. The fraction of sp³-hybridized carbons (Fsp3) is 0.294. The van der Waals surface area contributed by atoms with E-state index in [1.165, 1.54) is 6.07 Å². The summed E-state index contributed by atoms with van der Waals surface area (Å²) in [5, 5.41) is 3.55. The van der Waals surface area contributed by atoms with Crippen LogP contribution in [0.15, 0.2) is 42.5 Å². The minimum absolute atomic E-state index is 0.0368. The van der Waals surface area contributed by atoms with Crippen LogP contribution in [0.2, 0.25) is 5.02 Å². The molecule has 0 aromatic heterocycles. The zero-order chi connectivity index (χ0) is 15.2. The van der Waals surface area contributed by atoms with Gasteiger partial charge in [-0.25, -0.2) is 4.39 Å². The van der Waals surface area contributed by atoms with Gasteiger partial charge >= 0.3 is 0 Å². The highest BCUT2D eigenvalue weighted by Crippen LogP contribution is 2.28. The van der Waals surface area contributed by atoms with Crippen LogP contribution in [-0.2, 0) is 6.42 Å². The summed E-state index contributed by atoms with van der Waals surface area (Å²) in [6, 6.07) is 12.7. The van der Waals surface area contributed by atoms with E-state index in [9.17, 15) is 4.39 Å². The molecule has 1 unspecified atom stereocenters. The average molecular weight is 308 g/mol. The smallest absolute Gasteiger partial charge is 0.142 e. The van der Waals surface area contributed by atoms with E-state index in [2.05, 4.69) is 5.32 Å². The van der Waals surface area contributed by atoms with E-state index in [-0.39, 0.29) is 16.9 Å². The number of hydrogen-bond donors (Lipinski definition) is 1. The highest BCUT2D eigenvalue weighted by Gasteiger charge is 2.16. The second-order valence-corrected chi connectivity index (χ2v) is 5.19. The van der Waals surface area contributed by atoms with Crippen molar-refractivity contribution in [3.05, 3.63) is 64.4 Å². The van der Waals surface area contributed by atoms with E-state index in [0.29, 0.717) is 6.42 Å². The molecule has 0 aliphatic carbocycles. The molecule has 112 valence electrons. The van der Waals surface area contributed by atoms with Gasteiger partial charge in [0, 0.05) is 6.04 Å². The molecule has 2 nitrogen and oxygen atoms in total. The van der Waals surface area contributed by atoms with Gasteiger partial charge in [-0.2, -0.15) is 0 Å². The Bertz CT molecular complexity index is 603. The van der Waals surface area contributed by atoms with Gasteiger partial charge in [0.05, 0.1) is 12.1 Å². The van der Waals surface area contributed by atoms with Gasteiger partial charge in [-0.1, -0.05) is 42.8 Å². The van der Waals surface area contributed by atoms with Crippen molar-refractivity contribution in [2.24, 2.45) is 0 Å². The lowest BCUT2D eigenvalue weighted by atomic mass is 9.98. The number of rotatable bonds is 6. The van der Waals surface area contributed by atoms with E-state index in [0.717, 1.165) is 23.4 Å². The van der Waals surface area contributed by atoms with Crippen molar-refractivity contribution in [3.8, 4) is 5.75 Å². The molecule has 0 aliphatic rings. The molecule has 4 heteroatoms. The second kappa shape index (κ2) is 7.43. The molecule has 0 spiro atoms. The Kier molecular flexibility index (Phi) is 5.59. The SMILES string of the molecule is CCNC(Cc1cccc(OC)c1)c1cccc(F)c1Cl. The quantitative estimate of drug-likeness (QED) is 0.855. The third-order valence-corrected chi connectivity index (χ3v) is 3.78. The molecule has 0 amide bonds. The number of halogens is 2. The van der Waals surface area contributed by atoms with Crippen LogP contribution in [0.3, 0.4) is 0 Å². The van der Waals surface area contributed by atoms with Gasteiger partial charge in [-0.15, -0.1) is 0 Å². The Morgan fingerprint density at radius 3 is 2.71 bits per heavy atom. The predicted molar refractivity (Wildman–Crippen MR) is 84.5 cm³/mol. The molecular weight excluding hydrogens is 289 g/mol. The summed E-state index contributed by atoms with van der Waals surface area (Å²) < 4.78 is 18.9. The fourth-order valence-corrected chi connectivity index (χ4v) is 2.62. The molecule has 0 radical (unpaired) electrons. The molecule has 0 fully saturated rings. The van der Waals surface area contributed by atoms with Crippen LogP contribution in [-0.4, -0.2) is 13.7 Å². The number of benzene rings is 2. The summed E-state index contributed by atoms with van der Waals surface area (Å²) in [4.78, 5) is 0. The molecule has 2 aromatic carbocycles. The molecule has 0 saturated carbocycles. The summed E-state index contributed by atoms with van der Waals surface area (Å²) in [5.41, 5.74) is 1.89. The summed E-state index contributed by atoms with van der Waals surface area (Å²) in [5.74, 6) is 0.427. The Labute approximate surface area is 129 Å². The van der Waals surface area contributed by atoms with Crippen molar-refractivity contribution in [1.82, 2.24) is 5.32 Å². The van der Waals surface area contributed by atoms with Crippen LogP contribution < -0.4 is 10.1 Å². The van der Waals surface area contributed by atoms with E-state index < -0.39 is 0 Å². The van der Waals surface area contributed by atoms with Gasteiger partial charge in [-0.3, -0.25) is 0 Å². The maximum Gasteiger partial charge on any atom is 0.142 e. The van der Waals surface area contributed by atoms with Gasteiger partial charge in [0.15, 0.2) is 0 Å². The average Bonchev–Trinajstić information content (AvgIpc) is 2.50. The zero-order valence-electron chi connectivity index (χ0n) is 12.2. The number of ether oxygens (including phenoxy) is 1. The predicted octanol–water partition coefficient (Wildman–Crippen LogP) is 4.38. The summed E-state index contributed by atoms with van der Waals surface area (Å²) >= 11 is 6.11. The lowest BCUT2D eigenvalue weighted by Gasteiger charge is -2.20. The molecule has 0 aliphatic heterocycles. The largest absolute Gasteiger partial charge is 0.497 e. The van der Waals surface area contributed by atoms with Gasteiger partial charge < -0.3 is 10.1 Å². The molecule has 0 bridgehead atoms. The molecule has 2 aromatic rings. The lowest BCUT2D eigenvalue weighted by molar-refractivity contribution is 0.414. The highest BCUT2D eigenvalue weighted by atomic mass is 35.5. The van der Waals surface area contributed by atoms with E-state index in [1.54, 1.807) is 13.2 Å². The van der Waals surface area contributed by atoms with E-state index >= 15 is 0 Å².